The van der Waals surface area contributed by atoms with Gasteiger partial charge < -0.3 is 19.3 Å². The fraction of sp³-hybridized carbons (Fsp3) is 0.652. The number of aromatic nitrogens is 2. The molecule has 0 radical (unpaired) electrons. The molecule has 4 rings (SSSR count). The van der Waals surface area contributed by atoms with Gasteiger partial charge in [-0.2, -0.15) is 4.98 Å². The molecule has 0 aliphatic heterocycles. The highest BCUT2D eigenvalue weighted by Crippen LogP contribution is 2.43. The molecule has 0 amide bonds. The molecule has 0 spiro atoms. The van der Waals surface area contributed by atoms with Crippen molar-refractivity contribution in [1.29, 1.82) is 0 Å². The highest BCUT2D eigenvalue weighted by atomic mass is 16.5. The van der Waals surface area contributed by atoms with Crippen molar-refractivity contribution in [3.8, 4) is 11.5 Å². The van der Waals surface area contributed by atoms with Crippen molar-refractivity contribution in [2.45, 2.75) is 57.9 Å². The zero-order chi connectivity index (χ0) is 20.1. The first-order valence-corrected chi connectivity index (χ1v) is 11.0. The van der Waals surface area contributed by atoms with Gasteiger partial charge in [0.05, 0.1) is 27.2 Å². The van der Waals surface area contributed by atoms with Gasteiger partial charge in [0.15, 0.2) is 17.3 Å². The van der Waals surface area contributed by atoms with E-state index in [-0.39, 0.29) is 0 Å². The van der Waals surface area contributed by atoms with Crippen molar-refractivity contribution in [2.75, 3.05) is 20.8 Å². The molecule has 1 N–H and O–H groups in total. The van der Waals surface area contributed by atoms with Gasteiger partial charge >= 0.3 is 0 Å². The average molecular weight is 400 g/mol. The zero-order valence-corrected chi connectivity index (χ0v) is 17.7. The second-order valence-corrected chi connectivity index (χ2v) is 8.67. The molecule has 2 aliphatic carbocycles. The number of ether oxygens (including phenoxy) is 2. The molecule has 1 heterocycles. The van der Waals surface area contributed by atoms with E-state index in [4.69, 9.17) is 14.0 Å². The normalized spacial score (nSPS) is 23.7. The molecule has 158 valence electrons. The van der Waals surface area contributed by atoms with Crippen LogP contribution in [0.4, 0.5) is 0 Å². The second kappa shape index (κ2) is 9.61. The van der Waals surface area contributed by atoms with Crippen LogP contribution in [0.2, 0.25) is 0 Å². The third-order valence-electron chi connectivity index (χ3n) is 6.55. The van der Waals surface area contributed by atoms with Gasteiger partial charge in [-0.1, -0.05) is 30.5 Å². The van der Waals surface area contributed by atoms with Gasteiger partial charge in [-0.3, -0.25) is 0 Å². The van der Waals surface area contributed by atoms with Crippen molar-refractivity contribution >= 4 is 0 Å². The van der Waals surface area contributed by atoms with Gasteiger partial charge in [0.25, 0.3) is 0 Å². The van der Waals surface area contributed by atoms with E-state index in [1.165, 1.54) is 44.9 Å². The Labute approximate surface area is 173 Å². The summed E-state index contributed by atoms with van der Waals surface area (Å²) in [4.78, 5) is 4.52. The highest BCUT2D eigenvalue weighted by molar-refractivity contribution is 5.43. The zero-order valence-electron chi connectivity index (χ0n) is 17.7. The summed E-state index contributed by atoms with van der Waals surface area (Å²) in [5, 5.41) is 7.62. The Kier molecular flexibility index (Phi) is 6.70. The highest BCUT2D eigenvalue weighted by Gasteiger charge is 2.31. The summed E-state index contributed by atoms with van der Waals surface area (Å²) in [6, 6.07) is 5.83. The minimum absolute atomic E-state index is 0.582. The molecule has 29 heavy (non-hydrogen) atoms. The first kappa shape index (κ1) is 20.2. The lowest BCUT2D eigenvalue weighted by atomic mass is 9.67. The van der Waals surface area contributed by atoms with Gasteiger partial charge in [0, 0.05) is 0 Å². The smallest absolute Gasteiger partial charge is 0.231 e. The van der Waals surface area contributed by atoms with Gasteiger partial charge in [-0.25, -0.2) is 0 Å². The lowest BCUT2D eigenvalue weighted by Crippen LogP contribution is -2.29. The number of benzene rings is 1. The maximum atomic E-state index is 5.42. The predicted octanol–water partition coefficient (Wildman–Crippen LogP) is 4.37. The first-order chi connectivity index (χ1) is 14.2. The number of rotatable bonds is 9. The second-order valence-electron chi connectivity index (χ2n) is 8.67. The van der Waals surface area contributed by atoms with Gasteiger partial charge in [-0.05, 0) is 67.7 Å². The van der Waals surface area contributed by atoms with E-state index in [2.05, 4.69) is 15.5 Å². The van der Waals surface area contributed by atoms with Crippen LogP contribution < -0.4 is 14.8 Å². The van der Waals surface area contributed by atoms with Crippen molar-refractivity contribution in [3.05, 3.63) is 35.5 Å². The van der Waals surface area contributed by atoms with E-state index in [9.17, 15) is 0 Å². The number of hydrogen-bond donors (Lipinski definition) is 1. The third kappa shape index (κ3) is 5.30. The summed E-state index contributed by atoms with van der Waals surface area (Å²) in [5.74, 6) is 5.67. The summed E-state index contributed by atoms with van der Waals surface area (Å²) < 4.78 is 16.1. The predicted molar refractivity (Wildman–Crippen MR) is 111 cm³/mol. The van der Waals surface area contributed by atoms with Crippen molar-refractivity contribution in [1.82, 2.24) is 15.5 Å². The molecule has 1 aromatic carbocycles. The molecule has 0 saturated heterocycles. The van der Waals surface area contributed by atoms with Crippen LogP contribution in [0.1, 0.15) is 62.2 Å². The molecule has 2 bridgehead atoms. The van der Waals surface area contributed by atoms with Crippen molar-refractivity contribution < 1.29 is 14.0 Å². The minimum Gasteiger partial charge on any atom is -0.493 e. The number of hydrogen-bond acceptors (Lipinski definition) is 6. The van der Waals surface area contributed by atoms with Gasteiger partial charge in [0.2, 0.25) is 5.89 Å². The monoisotopic (exact) mass is 399 g/mol. The average Bonchev–Trinajstić information content (AvgIpc) is 3.18. The van der Waals surface area contributed by atoms with E-state index in [1.54, 1.807) is 14.2 Å². The number of nitrogens with zero attached hydrogens (tertiary/aromatic N) is 2. The van der Waals surface area contributed by atoms with Crippen LogP contribution in [-0.4, -0.2) is 30.9 Å². The van der Waals surface area contributed by atoms with E-state index >= 15 is 0 Å². The van der Waals surface area contributed by atoms with Crippen molar-refractivity contribution in [3.63, 3.8) is 0 Å². The molecule has 6 heteroatoms. The largest absolute Gasteiger partial charge is 0.493 e. The van der Waals surface area contributed by atoms with Crippen LogP contribution >= 0.6 is 0 Å². The number of methoxy groups -OCH3 is 2. The van der Waals surface area contributed by atoms with E-state index in [0.29, 0.717) is 30.4 Å². The molecule has 6 nitrogen and oxygen atoms in total. The molecule has 1 aromatic heterocycles. The Morgan fingerprint density at radius 3 is 2.62 bits per heavy atom. The minimum atomic E-state index is 0.582. The molecule has 2 aliphatic rings. The Morgan fingerprint density at radius 2 is 1.86 bits per heavy atom. The molecule has 2 saturated carbocycles. The standard InChI is InChI=1S/C23H33N3O3/c1-27-20-7-6-18(13-21(20)28-2)14-23-25-22(26-29-23)15-24-9-8-19-11-16-4-3-5-17(10-16)12-19/h6-7,13,16-17,19,24H,3-5,8-12,14-15H2,1-2H3. The Balaban J connectivity index is 1.21. The van der Waals surface area contributed by atoms with E-state index < -0.39 is 0 Å². The molecule has 2 unspecified atom stereocenters. The number of nitrogens with one attached hydrogen (secondary N) is 1. The maximum Gasteiger partial charge on any atom is 0.231 e. The molecular weight excluding hydrogens is 366 g/mol. The van der Waals surface area contributed by atoms with Crippen LogP contribution in [0.25, 0.3) is 0 Å². The van der Waals surface area contributed by atoms with Crippen LogP contribution in [-0.2, 0) is 13.0 Å². The number of fused-ring (bicyclic) bond motifs is 2. The molecular formula is C23H33N3O3. The summed E-state index contributed by atoms with van der Waals surface area (Å²) in [7, 11) is 3.27. The van der Waals surface area contributed by atoms with Gasteiger partial charge in [-0.15, -0.1) is 0 Å². The lowest BCUT2D eigenvalue weighted by molar-refractivity contribution is 0.132. The Hall–Kier alpha value is -2.08. The topological polar surface area (TPSA) is 69.4 Å². The van der Waals surface area contributed by atoms with Crippen molar-refractivity contribution in [2.24, 2.45) is 17.8 Å². The fourth-order valence-electron chi connectivity index (χ4n) is 5.21. The fourth-order valence-corrected chi connectivity index (χ4v) is 5.21. The van der Waals surface area contributed by atoms with Crippen LogP contribution in [0, 0.1) is 17.8 Å². The van der Waals surface area contributed by atoms with Crippen LogP contribution in [0.5, 0.6) is 11.5 Å². The molecule has 2 aromatic rings. The van der Waals surface area contributed by atoms with E-state index in [0.717, 1.165) is 35.7 Å². The summed E-state index contributed by atoms with van der Waals surface area (Å²) in [5.41, 5.74) is 1.05. The summed E-state index contributed by atoms with van der Waals surface area (Å²) >= 11 is 0. The Morgan fingerprint density at radius 1 is 1.07 bits per heavy atom. The summed E-state index contributed by atoms with van der Waals surface area (Å²) in [6.07, 6.45) is 10.6. The SMILES string of the molecule is COc1ccc(Cc2nc(CNCCC3CC4CCCC(C4)C3)no2)cc1OC. The molecule has 2 fully saturated rings. The first-order valence-electron chi connectivity index (χ1n) is 11.0. The van der Waals surface area contributed by atoms with Crippen LogP contribution in [0.3, 0.4) is 0 Å². The van der Waals surface area contributed by atoms with Gasteiger partial charge in [0.1, 0.15) is 0 Å². The van der Waals surface area contributed by atoms with Crippen LogP contribution in [0.15, 0.2) is 22.7 Å². The Bertz CT molecular complexity index is 779. The summed E-state index contributed by atoms with van der Waals surface area (Å²) in [6.45, 7) is 1.69. The van der Waals surface area contributed by atoms with E-state index in [1.807, 2.05) is 18.2 Å². The molecule has 2 atom stereocenters. The lowest BCUT2D eigenvalue weighted by Gasteiger charge is -2.39. The maximum absolute atomic E-state index is 5.42. The third-order valence-corrected chi connectivity index (χ3v) is 6.55. The quantitative estimate of drug-likeness (QED) is 0.631.